The lowest BCUT2D eigenvalue weighted by molar-refractivity contribution is 0.0694. The van der Waals surface area contributed by atoms with Gasteiger partial charge in [0.05, 0.1) is 5.52 Å². The molecule has 0 spiro atoms. The van der Waals surface area contributed by atoms with Gasteiger partial charge in [-0.15, -0.1) is 0 Å². The summed E-state index contributed by atoms with van der Waals surface area (Å²) < 4.78 is 2.05. The van der Waals surface area contributed by atoms with E-state index in [0.29, 0.717) is 17.3 Å². The monoisotopic (exact) mass is 269 g/mol. The molecule has 4 heteroatoms. The zero-order valence-electron chi connectivity index (χ0n) is 11.0. The maximum absolute atomic E-state index is 12.3. The number of carbonyl (C=O) groups is 1. The van der Waals surface area contributed by atoms with E-state index in [2.05, 4.69) is 10.6 Å². The molecule has 1 N–H and O–H groups in total. The minimum Gasteiger partial charge on any atom is -0.477 e. The first-order valence-electron chi connectivity index (χ1n) is 7.09. The summed E-state index contributed by atoms with van der Waals surface area (Å²) in [5, 5.41) is 9.80. The molecule has 0 radical (unpaired) electrons. The van der Waals surface area contributed by atoms with Crippen molar-refractivity contribution >= 4 is 16.9 Å². The first kappa shape index (κ1) is 11.7. The van der Waals surface area contributed by atoms with Gasteiger partial charge >= 0.3 is 5.97 Å². The molecule has 1 saturated carbocycles. The van der Waals surface area contributed by atoms with Crippen LogP contribution in [-0.2, 0) is 0 Å². The number of para-hydroxylation sites is 1. The Morgan fingerprint density at radius 1 is 1.25 bits per heavy atom. The van der Waals surface area contributed by atoms with Crippen LogP contribution in [0.3, 0.4) is 0 Å². The van der Waals surface area contributed by atoms with Crippen LogP contribution >= 0.6 is 0 Å². The molecule has 2 unspecified atom stereocenters. The zero-order chi connectivity index (χ0) is 13.9. The number of hydrogen-bond acceptors (Lipinski definition) is 2. The van der Waals surface area contributed by atoms with E-state index < -0.39 is 5.97 Å². The Morgan fingerprint density at radius 3 is 2.85 bits per heavy atom. The first-order valence-corrected chi connectivity index (χ1v) is 7.09. The summed E-state index contributed by atoms with van der Waals surface area (Å²) in [4.78, 5) is 23.6. The third-order valence-corrected chi connectivity index (χ3v) is 4.80. The smallest absolute Gasteiger partial charge is 0.341 e. The van der Waals surface area contributed by atoms with Crippen LogP contribution < -0.4 is 5.43 Å². The Kier molecular flexibility index (Phi) is 2.31. The molecule has 102 valence electrons. The molecule has 2 heterocycles. The maximum atomic E-state index is 12.3. The van der Waals surface area contributed by atoms with E-state index in [-0.39, 0.29) is 11.0 Å². The van der Waals surface area contributed by atoms with E-state index in [0.717, 1.165) is 18.4 Å². The average Bonchev–Trinajstić information content (AvgIpc) is 2.78. The Hall–Kier alpha value is -2.10. The molecule has 0 amide bonds. The standard InChI is InChI=1S/C16H15NO3/c18-15-11-6-3-5-10-9-4-1-2-7-13(9)17(14(10)11)8-12(15)16(19)20/h3,5-6,8-9,13H,1-2,4,7H2,(H,19,20). The van der Waals surface area contributed by atoms with Gasteiger partial charge in [-0.2, -0.15) is 0 Å². The summed E-state index contributed by atoms with van der Waals surface area (Å²) in [7, 11) is 0. The molecule has 20 heavy (non-hydrogen) atoms. The van der Waals surface area contributed by atoms with E-state index in [1.165, 1.54) is 18.4 Å². The van der Waals surface area contributed by atoms with Crippen LogP contribution in [0.2, 0.25) is 0 Å². The van der Waals surface area contributed by atoms with Crippen LogP contribution in [0, 0.1) is 0 Å². The summed E-state index contributed by atoms with van der Waals surface area (Å²) in [6, 6.07) is 6.05. The second-order valence-electron chi connectivity index (χ2n) is 5.79. The molecule has 1 aliphatic carbocycles. The SMILES string of the molecule is O=C(O)c1cn2c3c(cccc3c1=O)C1CCCCC12. The van der Waals surface area contributed by atoms with Crippen molar-refractivity contribution in [3.8, 4) is 0 Å². The van der Waals surface area contributed by atoms with Crippen molar-refractivity contribution in [1.29, 1.82) is 0 Å². The van der Waals surface area contributed by atoms with Crippen molar-refractivity contribution in [3.05, 3.63) is 45.7 Å². The number of nitrogens with zero attached hydrogens (tertiary/aromatic N) is 1. The summed E-state index contributed by atoms with van der Waals surface area (Å²) in [5.41, 5.74) is 1.71. The number of benzene rings is 1. The lowest BCUT2D eigenvalue weighted by atomic mass is 9.82. The van der Waals surface area contributed by atoms with Crippen LogP contribution in [0.15, 0.2) is 29.2 Å². The molecule has 0 bridgehead atoms. The summed E-state index contributed by atoms with van der Waals surface area (Å²) in [5.74, 6) is -0.693. The van der Waals surface area contributed by atoms with Crippen molar-refractivity contribution in [3.63, 3.8) is 0 Å². The largest absolute Gasteiger partial charge is 0.477 e. The molecular formula is C16H15NO3. The molecule has 1 aliphatic heterocycles. The molecule has 2 aliphatic rings. The van der Waals surface area contributed by atoms with Gasteiger partial charge in [-0.1, -0.05) is 25.0 Å². The van der Waals surface area contributed by atoms with Gasteiger partial charge in [-0.25, -0.2) is 4.79 Å². The van der Waals surface area contributed by atoms with Crippen molar-refractivity contribution < 1.29 is 9.90 Å². The molecule has 0 saturated heterocycles. The summed E-state index contributed by atoms with van der Waals surface area (Å²) >= 11 is 0. The number of pyridine rings is 1. The third-order valence-electron chi connectivity index (χ3n) is 4.80. The van der Waals surface area contributed by atoms with E-state index in [4.69, 9.17) is 0 Å². The Morgan fingerprint density at radius 2 is 2.05 bits per heavy atom. The predicted octanol–water partition coefficient (Wildman–Crippen LogP) is 2.91. The fourth-order valence-corrected chi connectivity index (χ4v) is 3.96. The lowest BCUT2D eigenvalue weighted by Crippen LogP contribution is -2.20. The van der Waals surface area contributed by atoms with Crippen LogP contribution in [0.4, 0.5) is 0 Å². The Bertz CT molecular complexity index is 790. The van der Waals surface area contributed by atoms with Gasteiger partial charge in [0.2, 0.25) is 5.43 Å². The minimum atomic E-state index is -1.13. The van der Waals surface area contributed by atoms with Crippen LogP contribution in [0.5, 0.6) is 0 Å². The van der Waals surface area contributed by atoms with Gasteiger partial charge in [0.25, 0.3) is 0 Å². The zero-order valence-corrected chi connectivity index (χ0v) is 11.0. The minimum absolute atomic E-state index is 0.110. The maximum Gasteiger partial charge on any atom is 0.341 e. The lowest BCUT2D eigenvalue weighted by Gasteiger charge is -2.27. The second kappa shape index (κ2) is 3.95. The first-order chi connectivity index (χ1) is 9.68. The highest BCUT2D eigenvalue weighted by molar-refractivity contribution is 5.94. The van der Waals surface area contributed by atoms with Gasteiger partial charge in [-0.3, -0.25) is 4.79 Å². The van der Waals surface area contributed by atoms with Crippen LogP contribution in [0.25, 0.3) is 10.9 Å². The number of aromatic carboxylic acids is 1. The molecule has 2 aromatic rings. The molecule has 1 fully saturated rings. The highest BCUT2D eigenvalue weighted by Gasteiger charge is 2.36. The van der Waals surface area contributed by atoms with Gasteiger partial charge < -0.3 is 9.67 Å². The van der Waals surface area contributed by atoms with Crippen molar-refractivity contribution in [1.82, 2.24) is 4.57 Å². The van der Waals surface area contributed by atoms with Gasteiger partial charge in [0.1, 0.15) is 5.56 Å². The third kappa shape index (κ3) is 1.36. The van der Waals surface area contributed by atoms with E-state index >= 15 is 0 Å². The van der Waals surface area contributed by atoms with Gasteiger partial charge in [-0.05, 0) is 24.5 Å². The number of hydrogen-bond donors (Lipinski definition) is 1. The molecule has 2 atom stereocenters. The highest BCUT2D eigenvalue weighted by Crippen LogP contribution is 2.48. The highest BCUT2D eigenvalue weighted by atomic mass is 16.4. The fraction of sp³-hybridized carbons (Fsp3) is 0.375. The molecular weight excluding hydrogens is 254 g/mol. The van der Waals surface area contributed by atoms with Crippen LogP contribution in [0.1, 0.15) is 53.6 Å². The van der Waals surface area contributed by atoms with E-state index in [9.17, 15) is 14.7 Å². The quantitative estimate of drug-likeness (QED) is 0.866. The Labute approximate surface area is 115 Å². The number of rotatable bonds is 1. The van der Waals surface area contributed by atoms with Crippen molar-refractivity contribution in [2.24, 2.45) is 0 Å². The normalized spacial score (nSPS) is 23.8. The molecule has 4 nitrogen and oxygen atoms in total. The van der Waals surface area contributed by atoms with Gasteiger partial charge in [0.15, 0.2) is 0 Å². The predicted molar refractivity (Wildman–Crippen MR) is 75.4 cm³/mol. The number of carboxylic acid groups (broad SMARTS) is 1. The van der Waals surface area contributed by atoms with E-state index in [1.54, 1.807) is 12.3 Å². The molecule has 1 aromatic heterocycles. The summed E-state index contributed by atoms with van der Waals surface area (Å²) in [6.45, 7) is 0. The van der Waals surface area contributed by atoms with E-state index in [1.807, 2.05) is 6.07 Å². The second-order valence-corrected chi connectivity index (χ2v) is 5.79. The number of carboxylic acids is 1. The van der Waals surface area contributed by atoms with Crippen molar-refractivity contribution in [2.45, 2.75) is 37.6 Å². The average molecular weight is 269 g/mol. The fourth-order valence-electron chi connectivity index (χ4n) is 3.96. The number of fused-ring (bicyclic) bond motifs is 3. The topological polar surface area (TPSA) is 59.3 Å². The van der Waals surface area contributed by atoms with Gasteiger partial charge in [0, 0.05) is 23.5 Å². The van der Waals surface area contributed by atoms with Crippen LogP contribution in [-0.4, -0.2) is 15.6 Å². The molecule has 1 aromatic carbocycles. The Balaban J connectivity index is 2.11. The van der Waals surface area contributed by atoms with Crippen molar-refractivity contribution in [2.75, 3.05) is 0 Å². The molecule has 4 rings (SSSR count). The number of aromatic nitrogens is 1. The summed E-state index contributed by atoms with van der Waals surface area (Å²) in [6.07, 6.45) is 6.14.